The number of hydrogen-bond acceptors (Lipinski definition) is 6. The SMILES string of the molecule is COc1ccc2c(c1)CCC1C2CCC2(C)C1CCC2(O)C#CC1c2c(cc3c(c2OC)OCO3)CCN1C. The molecule has 0 spiro atoms. The van der Waals surface area contributed by atoms with Crippen LogP contribution in [0.3, 0.4) is 0 Å². The first-order chi connectivity index (χ1) is 18.9. The number of fused-ring (bicyclic) bond motifs is 7. The Balaban J connectivity index is 1.21. The molecule has 206 valence electrons. The highest BCUT2D eigenvalue weighted by atomic mass is 16.7. The molecule has 2 aromatic carbocycles. The van der Waals surface area contributed by atoms with Gasteiger partial charge in [-0.05, 0) is 105 Å². The van der Waals surface area contributed by atoms with Crippen LogP contribution in [-0.4, -0.2) is 50.2 Å². The standard InChI is InChI=1S/C33H39NO5/c1-32-13-9-24-23-8-6-22(36-3)17-20(23)5-7-25(24)26(32)10-14-33(32,35)15-11-27-29-21(12-16-34(27)2)18-28-30(31(29)37-4)39-19-38-28/h6,8,17-18,24-27,35H,5,7,9-10,12-14,16,19H2,1-4H3. The lowest BCUT2D eigenvalue weighted by Gasteiger charge is -2.52. The normalized spacial score (nSPS) is 34.2. The maximum Gasteiger partial charge on any atom is 0.231 e. The van der Waals surface area contributed by atoms with E-state index in [1.165, 1.54) is 23.1 Å². The second kappa shape index (κ2) is 9.08. The molecule has 2 saturated carbocycles. The van der Waals surface area contributed by atoms with Crippen LogP contribution in [0.4, 0.5) is 0 Å². The number of aryl methyl sites for hydroxylation is 1. The minimum atomic E-state index is -0.995. The Bertz CT molecular complexity index is 1380. The average Bonchev–Trinajstić information content (AvgIpc) is 3.52. The van der Waals surface area contributed by atoms with E-state index < -0.39 is 5.60 Å². The van der Waals surface area contributed by atoms with Gasteiger partial charge in [0.25, 0.3) is 0 Å². The van der Waals surface area contributed by atoms with Gasteiger partial charge >= 0.3 is 0 Å². The van der Waals surface area contributed by atoms with Crippen molar-refractivity contribution in [3.8, 4) is 34.8 Å². The number of aliphatic hydroxyl groups is 1. The van der Waals surface area contributed by atoms with Crippen LogP contribution < -0.4 is 18.9 Å². The second-order valence-electron chi connectivity index (χ2n) is 12.5. The fourth-order valence-electron chi connectivity index (χ4n) is 8.71. The van der Waals surface area contributed by atoms with Gasteiger partial charge in [-0.25, -0.2) is 0 Å². The van der Waals surface area contributed by atoms with Crippen LogP contribution in [0.5, 0.6) is 23.0 Å². The Morgan fingerprint density at radius 2 is 1.90 bits per heavy atom. The van der Waals surface area contributed by atoms with E-state index in [0.717, 1.165) is 62.1 Å². The molecular weight excluding hydrogens is 490 g/mol. The molecule has 0 aromatic heterocycles. The number of ether oxygens (including phenoxy) is 4. The molecule has 2 aromatic rings. The monoisotopic (exact) mass is 529 g/mol. The fourth-order valence-corrected chi connectivity index (χ4v) is 8.71. The zero-order valence-corrected chi connectivity index (χ0v) is 23.5. The molecule has 39 heavy (non-hydrogen) atoms. The number of nitrogens with zero attached hydrogens (tertiary/aromatic N) is 1. The predicted molar refractivity (Wildman–Crippen MR) is 149 cm³/mol. The van der Waals surface area contributed by atoms with Crippen molar-refractivity contribution in [2.24, 2.45) is 17.3 Å². The van der Waals surface area contributed by atoms with Crippen LogP contribution in [-0.2, 0) is 12.8 Å². The van der Waals surface area contributed by atoms with E-state index in [2.05, 4.69) is 55.0 Å². The van der Waals surface area contributed by atoms with Crippen LogP contribution in [0.1, 0.15) is 73.2 Å². The lowest BCUT2D eigenvalue weighted by molar-refractivity contribution is -0.0649. The molecule has 6 atom stereocenters. The summed E-state index contributed by atoms with van der Waals surface area (Å²) >= 11 is 0. The van der Waals surface area contributed by atoms with Gasteiger partial charge in [0.15, 0.2) is 11.5 Å². The first-order valence-electron chi connectivity index (χ1n) is 14.5. The topological polar surface area (TPSA) is 60.4 Å². The van der Waals surface area contributed by atoms with Crippen molar-refractivity contribution in [3.63, 3.8) is 0 Å². The minimum absolute atomic E-state index is 0.169. The smallest absolute Gasteiger partial charge is 0.231 e. The van der Waals surface area contributed by atoms with Crippen molar-refractivity contribution >= 4 is 0 Å². The Morgan fingerprint density at radius 1 is 1.03 bits per heavy atom. The molecular formula is C33H39NO5. The van der Waals surface area contributed by atoms with E-state index in [1.54, 1.807) is 14.2 Å². The largest absolute Gasteiger partial charge is 0.497 e. The Labute approximate surface area is 231 Å². The third-order valence-electron chi connectivity index (χ3n) is 10.9. The molecule has 5 aliphatic rings. The molecule has 2 fully saturated rings. The van der Waals surface area contributed by atoms with Gasteiger partial charge in [-0.15, -0.1) is 0 Å². The molecule has 2 heterocycles. The van der Waals surface area contributed by atoms with Crippen LogP contribution in [0.2, 0.25) is 0 Å². The summed E-state index contributed by atoms with van der Waals surface area (Å²) in [5.41, 5.74) is 3.98. The van der Waals surface area contributed by atoms with Crippen LogP contribution in [0, 0.1) is 29.1 Å². The molecule has 3 aliphatic carbocycles. The summed E-state index contributed by atoms with van der Waals surface area (Å²) in [6, 6.07) is 8.56. The first kappa shape index (κ1) is 25.1. The maximum atomic E-state index is 12.3. The van der Waals surface area contributed by atoms with Crippen molar-refractivity contribution in [2.75, 3.05) is 34.6 Å². The van der Waals surface area contributed by atoms with Crippen LogP contribution in [0.25, 0.3) is 0 Å². The molecule has 6 unspecified atom stereocenters. The van der Waals surface area contributed by atoms with Gasteiger partial charge in [0.05, 0.1) is 14.2 Å². The number of likely N-dealkylation sites (N-methyl/N-ethyl adjacent to an activating group) is 1. The predicted octanol–water partition coefficient (Wildman–Crippen LogP) is 5.25. The lowest BCUT2D eigenvalue weighted by Crippen LogP contribution is -2.50. The Hall–Kier alpha value is -2.88. The van der Waals surface area contributed by atoms with E-state index >= 15 is 0 Å². The van der Waals surface area contributed by atoms with Crippen LogP contribution in [0.15, 0.2) is 24.3 Å². The number of benzene rings is 2. The highest BCUT2D eigenvalue weighted by molar-refractivity contribution is 5.63. The fraction of sp³-hybridized carbons (Fsp3) is 0.576. The summed E-state index contributed by atoms with van der Waals surface area (Å²) in [4.78, 5) is 2.27. The van der Waals surface area contributed by atoms with E-state index in [-0.39, 0.29) is 18.2 Å². The van der Waals surface area contributed by atoms with Gasteiger partial charge in [0.1, 0.15) is 17.4 Å². The van der Waals surface area contributed by atoms with Crippen molar-refractivity contribution in [3.05, 3.63) is 46.5 Å². The third kappa shape index (κ3) is 3.62. The summed E-state index contributed by atoms with van der Waals surface area (Å²) in [6.45, 7) is 3.41. The van der Waals surface area contributed by atoms with Gasteiger partial charge in [-0.2, -0.15) is 0 Å². The van der Waals surface area contributed by atoms with Gasteiger partial charge < -0.3 is 24.1 Å². The van der Waals surface area contributed by atoms with Gasteiger partial charge in [0, 0.05) is 17.5 Å². The highest BCUT2D eigenvalue weighted by Crippen LogP contribution is 2.64. The molecule has 0 radical (unpaired) electrons. The summed E-state index contributed by atoms with van der Waals surface area (Å²) in [5.74, 6) is 11.8. The summed E-state index contributed by atoms with van der Waals surface area (Å²) < 4.78 is 22.8. The number of rotatable bonds is 2. The van der Waals surface area contributed by atoms with Crippen molar-refractivity contribution in [1.29, 1.82) is 0 Å². The van der Waals surface area contributed by atoms with E-state index in [1.807, 2.05) is 0 Å². The van der Waals surface area contributed by atoms with E-state index in [9.17, 15) is 5.11 Å². The first-order valence-corrected chi connectivity index (χ1v) is 14.5. The number of hydrogen-bond donors (Lipinski definition) is 1. The minimum Gasteiger partial charge on any atom is -0.497 e. The van der Waals surface area contributed by atoms with Gasteiger partial charge in [-0.1, -0.05) is 24.8 Å². The van der Waals surface area contributed by atoms with E-state index in [0.29, 0.717) is 29.3 Å². The molecule has 7 rings (SSSR count). The number of methoxy groups -OCH3 is 2. The molecule has 0 bridgehead atoms. The zero-order chi connectivity index (χ0) is 26.9. The third-order valence-corrected chi connectivity index (χ3v) is 10.9. The van der Waals surface area contributed by atoms with Crippen molar-refractivity contribution < 1.29 is 24.1 Å². The van der Waals surface area contributed by atoms with Gasteiger partial charge in [-0.3, -0.25) is 4.90 Å². The highest BCUT2D eigenvalue weighted by Gasteiger charge is 2.61. The molecule has 2 aliphatic heterocycles. The van der Waals surface area contributed by atoms with E-state index in [4.69, 9.17) is 18.9 Å². The average molecular weight is 530 g/mol. The zero-order valence-electron chi connectivity index (χ0n) is 23.5. The van der Waals surface area contributed by atoms with Crippen LogP contribution >= 0.6 is 0 Å². The summed E-state index contributed by atoms with van der Waals surface area (Å²) in [5, 5.41) is 12.3. The molecule has 6 nitrogen and oxygen atoms in total. The van der Waals surface area contributed by atoms with Crippen molar-refractivity contribution in [1.82, 2.24) is 4.90 Å². The molecule has 0 saturated heterocycles. The molecule has 0 amide bonds. The lowest BCUT2D eigenvalue weighted by atomic mass is 9.53. The Morgan fingerprint density at radius 3 is 2.72 bits per heavy atom. The second-order valence-corrected chi connectivity index (χ2v) is 12.5. The molecule has 1 N–H and O–H groups in total. The quantitative estimate of drug-likeness (QED) is 0.536. The van der Waals surface area contributed by atoms with Crippen molar-refractivity contribution in [2.45, 2.75) is 69.4 Å². The van der Waals surface area contributed by atoms with Gasteiger partial charge in [0.2, 0.25) is 12.5 Å². The maximum absolute atomic E-state index is 12.3. The summed E-state index contributed by atoms with van der Waals surface area (Å²) in [7, 11) is 5.53. The summed E-state index contributed by atoms with van der Waals surface area (Å²) in [6.07, 6.45) is 7.03. The molecule has 6 heteroatoms. The Kier molecular flexibility index (Phi) is 5.84.